The SMILES string of the molecule is CCC(N)N(Cc1ccc(Br)cc1)C(c1ccccc1)(c1ccccc1)c1ccccc1. The highest BCUT2D eigenvalue weighted by molar-refractivity contribution is 9.10. The van der Waals surface area contributed by atoms with Crippen LogP contribution in [-0.4, -0.2) is 11.1 Å². The maximum absolute atomic E-state index is 6.91. The predicted molar refractivity (Wildman–Crippen MR) is 137 cm³/mol. The minimum Gasteiger partial charge on any atom is -0.316 e. The fourth-order valence-electron chi connectivity index (χ4n) is 4.53. The molecule has 4 rings (SSSR count). The minimum atomic E-state index is -0.535. The van der Waals surface area contributed by atoms with Gasteiger partial charge in [-0.25, -0.2) is 0 Å². The molecule has 0 spiro atoms. The van der Waals surface area contributed by atoms with Crippen LogP contribution in [0.2, 0.25) is 0 Å². The van der Waals surface area contributed by atoms with E-state index in [4.69, 9.17) is 5.73 Å². The summed E-state index contributed by atoms with van der Waals surface area (Å²) in [5.74, 6) is 0. The average molecular weight is 485 g/mol. The van der Waals surface area contributed by atoms with Gasteiger partial charge in [0.1, 0.15) is 0 Å². The van der Waals surface area contributed by atoms with Gasteiger partial charge in [-0.1, -0.05) is 126 Å². The first-order chi connectivity index (χ1) is 15.7. The van der Waals surface area contributed by atoms with Gasteiger partial charge in [0.2, 0.25) is 0 Å². The number of hydrogen-bond acceptors (Lipinski definition) is 2. The monoisotopic (exact) mass is 484 g/mol. The van der Waals surface area contributed by atoms with Crippen LogP contribution in [0.3, 0.4) is 0 Å². The van der Waals surface area contributed by atoms with Gasteiger partial charge in [0.05, 0.1) is 11.7 Å². The zero-order valence-electron chi connectivity index (χ0n) is 18.4. The van der Waals surface area contributed by atoms with E-state index in [-0.39, 0.29) is 6.17 Å². The van der Waals surface area contributed by atoms with E-state index in [0.717, 1.165) is 17.4 Å². The van der Waals surface area contributed by atoms with Gasteiger partial charge >= 0.3 is 0 Å². The third kappa shape index (κ3) is 4.42. The van der Waals surface area contributed by atoms with Crippen molar-refractivity contribution in [3.05, 3.63) is 142 Å². The van der Waals surface area contributed by atoms with Gasteiger partial charge in [0.15, 0.2) is 0 Å². The molecule has 0 aliphatic carbocycles. The van der Waals surface area contributed by atoms with Crippen LogP contribution in [0.25, 0.3) is 0 Å². The van der Waals surface area contributed by atoms with E-state index in [2.05, 4.69) is 143 Å². The highest BCUT2D eigenvalue weighted by Crippen LogP contribution is 2.44. The van der Waals surface area contributed by atoms with Crippen LogP contribution in [0.15, 0.2) is 120 Å². The molecule has 162 valence electrons. The summed E-state index contributed by atoms with van der Waals surface area (Å²) in [4.78, 5) is 2.45. The zero-order chi connectivity index (χ0) is 22.4. The Labute approximate surface area is 199 Å². The molecule has 0 radical (unpaired) electrons. The maximum atomic E-state index is 6.91. The largest absolute Gasteiger partial charge is 0.316 e. The van der Waals surface area contributed by atoms with Crippen LogP contribution in [0, 0.1) is 0 Å². The predicted octanol–water partition coefficient (Wildman–Crippen LogP) is 6.94. The molecule has 32 heavy (non-hydrogen) atoms. The molecule has 4 aromatic carbocycles. The summed E-state index contributed by atoms with van der Waals surface area (Å²) in [6, 6.07) is 40.8. The second-order valence-corrected chi connectivity index (χ2v) is 8.95. The number of benzene rings is 4. The summed E-state index contributed by atoms with van der Waals surface area (Å²) >= 11 is 3.57. The fourth-order valence-corrected chi connectivity index (χ4v) is 4.79. The number of halogens is 1. The van der Waals surface area contributed by atoms with Gasteiger partial charge < -0.3 is 5.73 Å². The standard InChI is InChI=1S/C29H29BrN2/c1-2-28(31)32(22-23-18-20-27(30)21-19-23)29(24-12-6-3-7-13-24,25-14-8-4-9-15-25)26-16-10-5-11-17-26/h3-21,28H,2,22,31H2,1H3. The normalized spacial score (nSPS) is 12.6. The van der Waals surface area contributed by atoms with Crippen molar-refractivity contribution in [3.63, 3.8) is 0 Å². The number of hydrogen-bond donors (Lipinski definition) is 1. The first-order valence-electron chi connectivity index (χ1n) is 11.1. The van der Waals surface area contributed by atoms with E-state index in [1.807, 2.05) is 0 Å². The first kappa shape index (κ1) is 22.5. The van der Waals surface area contributed by atoms with Crippen LogP contribution in [0.4, 0.5) is 0 Å². The molecule has 0 aliphatic rings. The van der Waals surface area contributed by atoms with E-state index in [9.17, 15) is 0 Å². The Balaban J connectivity index is 2.02. The van der Waals surface area contributed by atoms with Gasteiger partial charge in [-0.2, -0.15) is 0 Å². The molecule has 0 amide bonds. The van der Waals surface area contributed by atoms with Crippen molar-refractivity contribution < 1.29 is 0 Å². The summed E-state index contributed by atoms with van der Waals surface area (Å²) in [6.07, 6.45) is 0.699. The molecule has 0 aliphatic heterocycles. The smallest absolute Gasteiger partial charge is 0.0988 e. The van der Waals surface area contributed by atoms with Crippen molar-refractivity contribution in [1.29, 1.82) is 0 Å². The quantitative estimate of drug-likeness (QED) is 0.216. The molecule has 2 nitrogen and oxygen atoms in total. The lowest BCUT2D eigenvalue weighted by atomic mass is 9.75. The second kappa shape index (κ2) is 10.3. The lowest BCUT2D eigenvalue weighted by molar-refractivity contribution is 0.0883. The van der Waals surface area contributed by atoms with Crippen LogP contribution in [0.1, 0.15) is 35.6 Å². The molecule has 1 unspecified atom stereocenters. The topological polar surface area (TPSA) is 29.3 Å². The minimum absolute atomic E-state index is 0.140. The van der Waals surface area contributed by atoms with Crippen molar-refractivity contribution in [1.82, 2.24) is 4.90 Å². The lowest BCUT2D eigenvalue weighted by Crippen LogP contribution is -2.55. The van der Waals surface area contributed by atoms with Gasteiger partial charge in [0, 0.05) is 11.0 Å². The molecule has 1 atom stereocenters. The summed E-state index contributed by atoms with van der Waals surface area (Å²) in [6.45, 7) is 2.88. The lowest BCUT2D eigenvalue weighted by Gasteiger charge is -2.48. The Bertz CT molecular complexity index is 1000. The third-order valence-electron chi connectivity index (χ3n) is 6.09. The van der Waals surface area contributed by atoms with Gasteiger partial charge in [-0.3, -0.25) is 4.90 Å². The molecular formula is C29H29BrN2. The molecule has 0 saturated heterocycles. The highest BCUT2D eigenvalue weighted by Gasteiger charge is 2.44. The van der Waals surface area contributed by atoms with Crippen molar-refractivity contribution in [3.8, 4) is 0 Å². The average Bonchev–Trinajstić information content (AvgIpc) is 2.86. The Morgan fingerprint density at radius 1 is 0.688 bits per heavy atom. The van der Waals surface area contributed by atoms with Crippen molar-refractivity contribution >= 4 is 15.9 Å². The molecule has 0 saturated carbocycles. The Hall–Kier alpha value is -2.72. The van der Waals surface area contributed by atoms with Crippen LogP contribution < -0.4 is 5.73 Å². The molecule has 0 bridgehead atoms. The van der Waals surface area contributed by atoms with Crippen molar-refractivity contribution in [2.24, 2.45) is 5.73 Å². The van der Waals surface area contributed by atoms with E-state index in [1.54, 1.807) is 0 Å². The van der Waals surface area contributed by atoms with Gasteiger partial charge in [-0.05, 0) is 40.8 Å². The number of nitrogens with two attached hydrogens (primary N) is 1. The first-order valence-corrected chi connectivity index (χ1v) is 11.9. The molecular weight excluding hydrogens is 456 g/mol. The maximum Gasteiger partial charge on any atom is 0.0988 e. The zero-order valence-corrected chi connectivity index (χ0v) is 19.9. The highest BCUT2D eigenvalue weighted by atomic mass is 79.9. The summed E-state index contributed by atoms with van der Waals surface area (Å²) < 4.78 is 1.08. The number of nitrogens with zero attached hydrogens (tertiary/aromatic N) is 1. The Morgan fingerprint density at radius 2 is 1.09 bits per heavy atom. The second-order valence-electron chi connectivity index (χ2n) is 8.04. The van der Waals surface area contributed by atoms with Crippen LogP contribution in [0.5, 0.6) is 0 Å². The Kier molecular flexibility index (Phi) is 7.21. The Morgan fingerprint density at radius 3 is 1.47 bits per heavy atom. The molecule has 0 fully saturated rings. The summed E-state index contributed by atoms with van der Waals surface area (Å²) in [7, 11) is 0. The van der Waals surface area contributed by atoms with Crippen molar-refractivity contribution in [2.45, 2.75) is 31.6 Å². The molecule has 0 heterocycles. The molecule has 4 aromatic rings. The molecule has 0 aromatic heterocycles. The van der Waals surface area contributed by atoms with E-state index in [1.165, 1.54) is 22.3 Å². The van der Waals surface area contributed by atoms with E-state index >= 15 is 0 Å². The summed E-state index contributed by atoms with van der Waals surface area (Å²) in [5.41, 5.74) is 11.2. The van der Waals surface area contributed by atoms with Crippen LogP contribution in [-0.2, 0) is 12.1 Å². The van der Waals surface area contributed by atoms with Crippen molar-refractivity contribution in [2.75, 3.05) is 0 Å². The van der Waals surface area contributed by atoms with E-state index in [0.29, 0.717) is 0 Å². The molecule has 2 N–H and O–H groups in total. The fraction of sp³-hybridized carbons (Fsp3) is 0.172. The van der Waals surface area contributed by atoms with Crippen LogP contribution >= 0.6 is 15.9 Å². The summed E-state index contributed by atoms with van der Waals surface area (Å²) in [5, 5.41) is 0. The van der Waals surface area contributed by atoms with Gasteiger partial charge in [-0.15, -0.1) is 0 Å². The number of rotatable bonds is 8. The molecule has 3 heteroatoms. The van der Waals surface area contributed by atoms with Gasteiger partial charge in [0.25, 0.3) is 0 Å². The third-order valence-corrected chi connectivity index (χ3v) is 6.62. The van der Waals surface area contributed by atoms with E-state index < -0.39 is 5.54 Å².